The van der Waals surface area contributed by atoms with Crippen LogP contribution in [0.5, 0.6) is 0 Å². The number of hydrogen-bond acceptors (Lipinski definition) is 3. The topological polar surface area (TPSA) is 56.0 Å². The van der Waals surface area contributed by atoms with E-state index in [1.807, 2.05) is 0 Å². The largest absolute Gasteiger partial charge is 0.364 e. The van der Waals surface area contributed by atoms with Crippen molar-refractivity contribution in [3.63, 3.8) is 0 Å². The van der Waals surface area contributed by atoms with Gasteiger partial charge in [-0.25, -0.2) is 4.98 Å². The number of thiazole rings is 1. The molecule has 1 radical (unpaired) electrons. The summed E-state index contributed by atoms with van der Waals surface area (Å²) in [6.45, 7) is 0. The van der Waals surface area contributed by atoms with Crippen LogP contribution < -0.4 is 5.73 Å². The number of carbonyl (C=O) groups is 1. The molecule has 0 bridgehead atoms. The first-order chi connectivity index (χ1) is 3.80. The molecule has 1 rings (SSSR count). The van der Waals surface area contributed by atoms with E-state index >= 15 is 0 Å². The minimum atomic E-state index is -0.490. The predicted octanol–water partition coefficient (Wildman–Crippen LogP) is 0.0422. The molecule has 4 heteroatoms. The van der Waals surface area contributed by atoms with Crippen LogP contribution in [0.15, 0.2) is 6.20 Å². The Morgan fingerprint density at radius 3 is 3.00 bits per heavy atom. The van der Waals surface area contributed by atoms with Gasteiger partial charge in [-0.1, -0.05) is 0 Å². The molecular formula is C4H3N2OS. The van der Waals surface area contributed by atoms with Gasteiger partial charge in [-0.15, -0.1) is 11.3 Å². The van der Waals surface area contributed by atoms with Gasteiger partial charge < -0.3 is 5.73 Å². The normalized spacial score (nSPS) is 9.00. The van der Waals surface area contributed by atoms with Crippen molar-refractivity contribution in [2.45, 2.75) is 0 Å². The molecule has 1 aromatic heterocycles. The first-order valence-corrected chi connectivity index (χ1v) is 2.74. The molecule has 0 saturated heterocycles. The van der Waals surface area contributed by atoms with Crippen LogP contribution in [-0.2, 0) is 0 Å². The number of rotatable bonds is 1. The average molecular weight is 127 g/mol. The molecule has 2 N–H and O–H groups in total. The fourth-order valence-electron chi connectivity index (χ4n) is 0.307. The van der Waals surface area contributed by atoms with E-state index in [-0.39, 0.29) is 0 Å². The Hall–Kier alpha value is -0.900. The van der Waals surface area contributed by atoms with E-state index in [0.717, 1.165) is 11.3 Å². The van der Waals surface area contributed by atoms with Gasteiger partial charge in [0.1, 0.15) is 0 Å². The SMILES string of the molecule is NC(=O)c1nc[c]s1. The second kappa shape index (κ2) is 1.92. The zero-order valence-corrected chi connectivity index (χ0v) is 4.73. The first-order valence-electron chi connectivity index (χ1n) is 1.92. The van der Waals surface area contributed by atoms with Crippen molar-refractivity contribution in [2.75, 3.05) is 0 Å². The van der Waals surface area contributed by atoms with Crippen LogP contribution in [0, 0.1) is 5.38 Å². The fraction of sp³-hybridized carbons (Fsp3) is 0. The molecule has 0 aromatic carbocycles. The van der Waals surface area contributed by atoms with Gasteiger partial charge in [0.05, 0.1) is 5.38 Å². The van der Waals surface area contributed by atoms with Gasteiger partial charge >= 0.3 is 0 Å². The molecule has 0 fully saturated rings. The summed E-state index contributed by atoms with van der Waals surface area (Å²) in [5.74, 6) is -0.490. The lowest BCUT2D eigenvalue weighted by Crippen LogP contribution is -2.09. The summed E-state index contributed by atoms with van der Waals surface area (Å²) in [6, 6.07) is 0. The summed E-state index contributed by atoms with van der Waals surface area (Å²) in [7, 11) is 0. The first kappa shape index (κ1) is 5.24. The van der Waals surface area contributed by atoms with Crippen molar-refractivity contribution in [2.24, 2.45) is 5.73 Å². The molecule has 0 aliphatic carbocycles. The van der Waals surface area contributed by atoms with Crippen molar-refractivity contribution in [1.29, 1.82) is 0 Å². The smallest absolute Gasteiger partial charge is 0.277 e. The van der Waals surface area contributed by atoms with Crippen LogP contribution in [0.25, 0.3) is 0 Å². The molecular weight excluding hydrogens is 124 g/mol. The Kier molecular flexibility index (Phi) is 1.26. The molecule has 0 aliphatic heterocycles. The van der Waals surface area contributed by atoms with Gasteiger partial charge in [-0.3, -0.25) is 4.79 Å². The molecule has 0 saturated carbocycles. The van der Waals surface area contributed by atoms with Crippen LogP contribution in [0.1, 0.15) is 9.80 Å². The maximum Gasteiger partial charge on any atom is 0.277 e. The quantitative estimate of drug-likeness (QED) is 0.579. The van der Waals surface area contributed by atoms with E-state index in [0.29, 0.717) is 5.01 Å². The minimum Gasteiger partial charge on any atom is -0.364 e. The summed E-state index contributed by atoms with van der Waals surface area (Å²) < 4.78 is 0. The van der Waals surface area contributed by atoms with Crippen LogP contribution >= 0.6 is 11.3 Å². The zero-order chi connectivity index (χ0) is 5.98. The minimum absolute atomic E-state index is 0.310. The molecule has 1 heterocycles. The molecule has 1 aromatic rings. The summed E-state index contributed by atoms with van der Waals surface area (Å²) in [6.07, 6.45) is 1.42. The van der Waals surface area contributed by atoms with Crippen LogP contribution in [0.2, 0.25) is 0 Å². The maximum atomic E-state index is 10.2. The monoisotopic (exact) mass is 127 g/mol. The lowest BCUT2D eigenvalue weighted by Gasteiger charge is -1.78. The van der Waals surface area contributed by atoms with E-state index in [1.165, 1.54) is 6.20 Å². The lowest BCUT2D eigenvalue weighted by atomic mass is 10.7. The standard InChI is InChI=1S/C4H3N2OS/c5-3(7)4-6-1-2-8-4/h1H,(H2,5,7). The van der Waals surface area contributed by atoms with E-state index in [2.05, 4.69) is 10.4 Å². The van der Waals surface area contributed by atoms with Gasteiger partial charge in [0, 0.05) is 6.20 Å². The maximum absolute atomic E-state index is 10.2. The number of carbonyl (C=O) groups excluding carboxylic acids is 1. The highest BCUT2D eigenvalue weighted by molar-refractivity contribution is 7.11. The Morgan fingerprint density at radius 2 is 2.75 bits per heavy atom. The van der Waals surface area contributed by atoms with Gasteiger partial charge in [0.15, 0.2) is 5.01 Å². The number of hydrogen-bond donors (Lipinski definition) is 1. The highest BCUT2D eigenvalue weighted by Gasteiger charge is 1.99. The van der Waals surface area contributed by atoms with Crippen LogP contribution in [0.3, 0.4) is 0 Å². The number of primary amides is 1. The Balaban J connectivity index is 2.93. The number of amides is 1. The highest BCUT2D eigenvalue weighted by atomic mass is 32.1. The number of aromatic nitrogens is 1. The van der Waals surface area contributed by atoms with Gasteiger partial charge in [-0.05, 0) is 0 Å². The second-order valence-corrected chi connectivity index (χ2v) is 1.97. The molecule has 0 spiro atoms. The summed E-state index contributed by atoms with van der Waals surface area (Å²) >= 11 is 1.12. The van der Waals surface area contributed by atoms with Crippen molar-refractivity contribution < 1.29 is 4.79 Å². The fourth-order valence-corrected chi connectivity index (χ4v) is 0.730. The van der Waals surface area contributed by atoms with E-state index in [4.69, 9.17) is 5.73 Å². The van der Waals surface area contributed by atoms with Gasteiger partial charge in [-0.2, -0.15) is 0 Å². The molecule has 0 atom stereocenters. The molecule has 3 nitrogen and oxygen atoms in total. The third kappa shape index (κ3) is 0.840. The van der Waals surface area contributed by atoms with Crippen molar-refractivity contribution in [3.05, 3.63) is 16.6 Å². The molecule has 41 valence electrons. The Bertz CT molecular complexity index is 182. The second-order valence-electron chi connectivity index (χ2n) is 1.15. The van der Waals surface area contributed by atoms with Gasteiger partial charge in [0.25, 0.3) is 5.91 Å². The number of nitrogens with zero attached hydrogens (tertiary/aromatic N) is 1. The third-order valence-electron chi connectivity index (χ3n) is 0.601. The predicted molar refractivity (Wildman–Crippen MR) is 29.5 cm³/mol. The Morgan fingerprint density at radius 1 is 2.00 bits per heavy atom. The molecule has 8 heavy (non-hydrogen) atoms. The lowest BCUT2D eigenvalue weighted by molar-refractivity contribution is 0.1000. The van der Waals surface area contributed by atoms with E-state index in [9.17, 15) is 4.79 Å². The molecule has 0 aliphatic rings. The molecule has 1 amide bonds. The van der Waals surface area contributed by atoms with Crippen molar-refractivity contribution in [3.8, 4) is 0 Å². The zero-order valence-electron chi connectivity index (χ0n) is 3.92. The number of nitrogens with two attached hydrogens (primary N) is 1. The van der Waals surface area contributed by atoms with Crippen molar-refractivity contribution >= 4 is 17.2 Å². The Labute approximate surface area is 50.2 Å². The van der Waals surface area contributed by atoms with E-state index in [1.54, 1.807) is 0 Å². The van der Waals surface area contributed by atoms with Gasteiger partial charge in [0.2, 0.25) is 0 Å². The highest BCUT2D eigenvalue weighted by Crippen LogP contribution is 1.99. The average Bonchev–Trinajstić information content (AvgIpc) is 2.12. The van der Waals surface area contributed by atoms with Crippen LogP contribution in [0.4, 0.5) is 0 Å². The summed E-state index contributed by atoms with van der Waals surface area (Å²) in [5.41, 5.74) is 4.85. The molecule has 0 unspecified atom stereocenters. The van der Waals surface area contributed by atoms with E-state index < -0.39 is 5.91 Å². The summed E-state index contributed by atoms with van der Waals surface area (Å²) in [4.78, 5) is 13.8. The third-order valence-corrected chi connectivity index (χ3v) is 1.32. The van der Waals surface area contributed by atoms with Crippen LogP contribution in [-0.4, -0.2) is 10.9 Å². The summed E-state index contributed by atoms with van der Waals surface area (Å²) in [5, 5.41) is 2.95. The van der Waals surface area contributed by atoms with Crippen molar-refractivity contribution in [1.82, 2.24) is 4.98 Å².